The Balaban J connectivity index is 1.52. The molecule has 7 nitrogen and oxygen atoms in total. The predicted molar refractivity (Wildman–Crippen MR) is 88.9 cm³/mol. The largest absolute Gasteiger partial charge is 0.359 e. The maximum absolute atomic E-state index is 12.5. The molecule has 1 saturated heterocycles. The van der Waals surface area contributed by atoms with Crippen LogP contribution in [0.15, 0.2) is 32.3 Å². The van der Waals surface area contributed by atoms with E-state index in [1.165, 1.54) is 15.6 Å². The standard InChI is InChI=1S/C15H19N3O4S2/c1-11-9-13(22-17-11)10-16-15(19)12-4-6-18(7-5-12)24(20,21)14-3-2-8-23-14/h2-3,8-9,12H,4-7,10H2,1H3,(H,16,19). The van der Waals surface area contributed by atoms with Crippen LogP contribution in [0.1, 0.15) is 24.3 Å². The third-order valence-corrected chi connectivity index (χ3v) is 7.30. The zero-order valence-electron chi connectivity index (χ0n) is 13.3. The number of sulfonamides is 1. The van der Waals surface area contributed by atoms with Crippen LogP contribution in [0.5, 0.6) is 0 Å². The molecule has 3 heterocycles. The van der Waals surface area contributed by atoms with Crippen LogP contribution in [0.4, 0.5) is 0 Å². The highest BCUT2D eigenvalue weighted by Gasteiger charge is 2.32. The summed E-state index contributed by atoms with van der Waals surface area (Å²) in [5.41, 5.74) is 0.770. The van der Waals surface area contributed by atoms with Crippen molar-refractivity contribution >= 4 is 27.3 Å². The van der Waals surface area contributed by atoms with Crippen LogP contribution in [-0.2, 0) is 21.4 Å². The molecular formula is C15H19N3O4S2. The van der Waals surface area contributed by atoms with Crippen molar-refractivity contribution in [3.63, 3.8) is 0 Å². The molecule has 0 unspecified atom stereocenters. The average Bonchev–Trinajstić information content (AvgIpc) is 3.24. The molecule has 24 heavy (non-hydrogen) atoms. The van der Waals surface area contributed by atoms with E-state index in [0.717, 1.165) is 5.69 Å². The molecule has 2 aromatic heterocycles. The number of aryl methyl sites for hydroxylation is 1. The molecule has 9 heteroatoms. The van der Waals surface area contributed by atoms with Gasteiger partial charge in [-0.15, -0.1) is 11.3 Å². The van der Waals surface area contributed by atoms with E-state index in [1.807, 2.05) is 6.92 Å². The fourth-order valence-corrected chi connectivity index (χ4v) is 5.33. The summed E-state index contributed by atoms with van der Waals surface area (Å²) >= 11 is 1.21. The van der Waals surface area contributed by atoms with Gasteiger partial charge < -0.3 is 9.84 Å². The number of nitrogens with zero attached hydrogens (tertiary/aromatic N) is 2. The summed E-state index contributed by atoms with van der Waals surface area (Å²) in [5, 5.41) is 8.34. The maximum atomic E-state index is 12.5. The number of hydrogen-bond donors (Lipinski definition) is 1. The SMILES string of the molecule is Cc1cc(CNC(=O)C2CCN(S(=O)(=O)c3cccs3)CC2)on1. The summed E-state index contributed by atoms with van der Waals surface area (Å²) in [6.45, 7) is 2.84. The van der Waals surface area contributed by atoms with Gasteiger partial charge in [0.05, 0.1) is 12.2 Å². The highest BCUT2D eigenvalue weighted by atomic mass is 32.2. The first kappa shape index (κ1) is 17.1. The lowest BCUT2D eigenvalue weighted by atomic mass is 9.97. The summed E-state index contributed by atoms with van der Waals surface area (Å²) in [6, 6.07) is 5.11. The predicted octanol–water partition coefficient (Wildman–Crippen LogP) is 1.76. The van der Waals surface area contributed by atoms with Crippen molar-refractivity contribution in [2.45, 2.75) is 30.5 Å². The lowest BCUT2D eigenvalue weighted by Crippen LogP contribution is -2.42. The fraction of sp³-hybridized carbons (Fsp3) is 0.467. The summed E-state index contributed by atoms with van der Waals surface area (Å²) in [6.07, 6.45) is 1.04. The molecule has 1 fully saturated rings. The van der Waals surface area contributed by atoms with Crippen molar-refractivity contribution in [3.05, 3.63) is 35.0 Å². The molecule has 0 atom stereocenters. The summed E-state index contributed by atoms with van der Waals surface area (Å²) < 4.78 is 31.8. The lowest BCUT2D eigenvalue weighted by Gasteiger charge is -2.30. The lowest BCUT2D eigenvalue weighted by molar-refractivity contribution is -0.126. The van der Waals surface area contributed by atoms with Crippen LogP contribution in [-0.4, -0.2) is 36.9 Å². The zero-order valence-corrected chi connectivity index (χ0v) is 14.9. The molecule has 1 aliphatic rings. The van der Waals surface area contributed by atoms with Crippen LogP contribution in [0, 0.1) is 12.8 Å². The number of nitrogens with one attached hydrogen (secondary N) is 1. The molecule has 1 aliphatic heterocycles. The van der Waals surface area contributed by atoms with E-state index in [9.17, 15) is 13.2 Å². The van der Waals surface area contributed by atoms with E-state index in [1.54, 1.807) is 23.6 Å². The Bertz CT molecular complexity index is 791. The summed E-state index contributed by atoms with van der Waals surface area (Å²) in [7, 11) is -3.42. The van der Waals surface area contributed by atoms with Gasteiger partial charge in [-0.2, -0.15) is 4.31 Å². The zero-order chi connectivity index (χ0) is 17.2. The van der Waals surface area contributed by atoms with Crippen molar-refractivity contribution in [3.8, 4) is 0 Å². The Morgan fingerprint density at radius 1 is 1.46 bits per heavy atom. The van der Waals surface area contributed by atoms with Crippen molar-refractivity contribution in [2.75, 3.05) is 13.1 Å². The van der Waals surface area contributed by atoms with E-state index in [2.05, 4.69) is 10.5 Å². The third-order valence-electron chi connectivity index (χ3n) is 4.03. The molecule has 0 bridgehead atoms. The van der Waals surface area contributed by atoms with Gasteiger partial charge in [-0.05, 0) is 31.2 Å². The van der Waals surface area contributed by atoms with Crippen molar-refractivity contribution in [2.24, 2.45) is 5.92 Å². The van der Waals surface area contributed by atoms with Crippen LogP contribution >= 0.6 is 11.3 Å². The molecule has 0 aliphatic carbocycles. The normalized spacial score (nSPS) is 17.0. The topological polar surface area (TPSA) is 92.5 Å². The number of thiophene rings is 1. The minimum atomic E-state index is -3.42. The van der Waals surface area contributed by atoms with Gasteiger partial charge in [0.1, 0.15) is 4.21 Å². The highest BCUT2D eigenvalue weighted by Crippen LogP contribution is 2.26. The Morgan fingerprint density at radius 2 is 2.21 bits per heavy atom. The van der Waals surface area contributed by atoms with Crippen LogP contribution in [0.3, 0.4) is 0 Å². The van der Waals surface area contributed by atoms with E-state index in [0.29, 0.717) is 42.4 Å². The quantitative estimate of drug-likeness (QED) is 0.867. The van der Waals surface area contributed by atoms with Gasteiger partial charge in [-0.25, -0.2) is 8.42 Å². The smallest absolute Gasteiger partial charge is 0.252 e. The molecule has 130 valence electrons. The van der Waals surface area contributed by atoms with Gasteiger partial charge >= 0.3 is 0 Å². The first-order chi connectivity index (χ1) is 11.5. The Morgan fingerprint density at radius 3 is 2.79 bits per heavy atom. The minimum Gasteiger partial charge on any atom is -0.359 e. The highest BCUT2D eigenvalue weighted by molar-refractivity contribution is 7.91. The number of piperidine rings is 1. The first-order valence-electron chi connectivity index (χ1n) is 7.70. The van der Waals surface area contributed by atoms with E-state index in [4.69, 9.17) is 4.52 Å². The van der Waals surface area contributed by atoms with Crippen LogP contribution in [0.2, 0.25) is 0 Å². The van der Waals surface area contributed by atoms with Gasteiger partial charge in [-0.1, -0.05) is 11.2 Å². The van der Waals surface area contributed by atoms with E-state index >= 15 is 0 Å². The number of carbonyl (C=O) groups excluding carboxylic acids is 1. The monoisotopic (exact) mass is 369 g/mol. The first-order valence-corrected chi connectivity index (χ1v) is 10.0. The van der Waals surface area contributed by atoms with Crippen molar-refractivity contribution in [1.29, 1.82) is 0 Å². The summed E-state index contributed by atoms with van der Waals surface area (Å²) in [4.78, 5) is 12.2. The molecule has 0 aromatic carbocycles. The van der Waals surface area contributed by atoms with Crippen molar-refractivity contribution in [1.82, 2.24) is 14.8 Å². The molecule has 3 rings (SSSR count). The van der Waals surface area contributed by atoms with Crippen LogP contribution < -0.4 is 5.32 Å². The Labute approximate surface area is 144 Å². The third kappa shape index (κ3) is 3.68. The molecule has 0 spiro atoms. The molecular weight excluding hydrogens is 350 g/mol. The van der Waals surface area contributed by atoms with Gasteiger partial charge in [-0.3, -0.25) is 4.79 Å². The maximum Gasteiger partial charge on any atom is 0.252 e. The Kier molecular flexibility index (Phi) is 5.02. The van der Waals surface area contributed by atoms with Gasteiger partial charge in [0.2, 0.25) is 5.91 Å². The molecule has 1 N–H and O–H groups in total. The van der Waals surface area contributed by atoms with Gasteiger partial charge in [0.15, 0.2) is 5.76 Å². The number of carbonyl (C=O) groups is 1. The fourth-order valence-electron chi connectivity index (χ4n) is 2.71. The van der Waals surface area contributed by atoms with E-state index in [-0.39, 0.29) is 11.8 Å². The number of aromatic nitrogens is 1. The number of rotatable bonds is 5. The minimum absolute atomic E-state index is 0.0720. The van der Waals surface area contributed by atoms with Gasteiger partial charge in [0.25, 0.3) is 10.0 Å². The molecule has 0 radical (unpaired) electrons. The number of hydrogen-bond acceptors (Lipinski definition) is 6. The second-order valence-corrected chi connectivity index (χ2v) is 8.88. The molecule has 0 saturated carbocycles. The van der Waals surface area contributed by atoms with Crippen LogP contribution in [0.25, 0.3) is 0 Å². The summed E-state index contributed by atoms with van der Waals surface area (Å²) in [5.74, 6) is 0.361. The van der Waals surface area contributed by atoms with E-state index < -0.39 is 10.0 Å². The molecule has 1 amide bonds. The second-order valence-electron chi connectivity index (χ2n) is 5.76. The van der Waals surface area contributed by atoms with Crippen molar-refractivity contribution < 1.29 is 17.7 Å². The average molecular weight is 369 g/mol. The molecule has 2 aromatic rings. The number of amides is 1. The Hall–Kier alpha value is -1.71. The van der Waals surface area contributed by atoms with Gasteiger partial charge in [0, 0.05) is 25.1 Å². The second kappa shape index (κ2) is 7.04.